The van der Waals surface area contributed by atoms with Gasteiger partial charge in [0.1, 0.15) is 10.7 Å². The van der Waals surface area contributed by atoms with Gasteiger partial charge in [0.25, 0.3) is 5.91 Å². The van der Waals surface area contributed by atoms with Gasteiger partial charge in [-0.1, -0.05) is 30.3 Å². The summed E-state index contributed by atoms with van der Waals surface area (Å²) >= 11 is 1.44. The minimum absolute atomic E-state index is 0.0753. The van der Waals surface area contributed by atoms with Crippen LogP contribution in [0, 0.1) is 0 Å². The topological polar surface area (TPSA) is 71.2 Å². The predicted molar refractivity (Wildman–Crippen MR) is 97.1 cm³/mol. The van der Waals surface area contributed by atoms with Crippen LogP contribution in [-0.4, -0.2) is 41.5 Å². The van der Waals surface area contributed by atoms with Crippen LogP contribution in [0.5, 0.6) is 0 Å². The molecule has 5 nitrogen and oxygen atoms in total. The molecule has 2 heterocycles. The maximum Gasteiger partial charge on any atom is 0.270 e. The first kappa shape index (κ1) is 17.1. The molecule has 0 aliphatic carbocycles. The molecule has 3 N–H and O–H groups in total. The van der Waals surface area contributed by atoms with Crippen LogP contribution in [0.2, 0.25) is 0 Å². The average molecular weight is 344 g/mol. The lowest BCUT2D eigenvalue weighted by atomic mass is 10.0. The fourth-order valence-electron chi connectivity index (χ4n) is 3.00. The number of benzene rings is 1. The first-order chi connectivity index (χ1) is 11.7. The van der Waals surface area contributed by atoms with Crippen LogP contribution < -0.4 is 11.1 Å². The number of nitrogens with two attached hydrogens (primary N) is 1. The van der Waals surface area contributed by atoms with E-state index in [-0.39, 0.29) is 11.9 Å². The predicted octanol–water partition coefficient (Wildman–Crippen LogP) is 2.04. The number of hydrogen-bond acceptors (Lipinski definition) is 5. The van der Waals surface area contributed by atoms with Crippen molar-refractivity contribution in [2.24, 2.45) is 5.73 Å². The normalized spacial score (nSPS) is 16.2. The number of thiazole rings is 1. The van der Waals surface area contributed by atoms with Crippen molar-refractivity contribution in [1.29, 1.82) is 0 Å². The average Bonchev–Trinajstić information content (AvgIpc) is 3.11. The number of carbonyl (C=O) groups is 1. The zero-order chi connectivity index (χ0) is 16.8. The van der Waals surface area contributed by atoms with Gasteiger partial charge in [-0.25, -0.2) is 4.98 Å². The molecule has 0 bridgehead atoms. The minimum atomic E-state index is -0.0753. The molecule has 6 heteroatoms. The Hall–Kier alpha value is -1.76. The number of nitrogens with zero attached hydrogens (tertiary/aromatic N) is 2. The third-order valence-electron chi connectivity index (χ3n) is 4.44. The summed E-state index contributed by atoms with van der Waals surface area (Å²) in [5, 5.41) is 5.69. The highest BCUT2D eigenvalue weighted by Gasteiger charge is 2.21. The number of nitrogens with one attached hydrogen (secondary N) is 1. The number of hydrogen-bond donors (Lipinski definition) is 2. The Kier molecular flexibility index (Phi) is 5.96. The van der Waals surface area contributed by atoms with Gasteiger partial charge in [-0.2, -0.15) is 0 Å². The van der Waals surface area contributed by atoms with E-state index >= 15 is 0 Å². The van der Waals surface area contributed by atoms with E-state index < -0.39 is 0 Å². The Labute approximate surface area is 146 Å². The van der Waals surface area contributed by atoms with E-state index in [4.69, 9.17) is 5.73 Å². The molecule has 2 aromatic rings. The van der Waals surface area contributed by atoms with E-state index in [0.29, 0.717) is 12.2 Å². The van der Waals surface area contributed by atoms with Gasteiger partial charge in [-0.3, -0.25) is 4.79 Å². The number of likely N-dealkylation sites (tertiary alicyclic amines) is 1. The fourth-order valence-corrected chi connectivity index (χ4v) is 3.66. The third kappa shape index (κ3) is 4.63. The van der Waals surface area contributed by atoms with Crippen LogP contribution in [0.4, 0.5) is 0 Å². The second-order valence-electron chi connectivity index (χ2n) is 6.16. The van der Waals surface area contributed by atoms with E-state index in [1.54, 1.807) is 5.38 Å². The van der Waals surface area contributed by atoms with Gasteiger partial charge in [-0.05, 0) is 24.8 Å². The van der Waals surface area contributed by atoms with Gasteiger partial charge in [-0.15, -0.1) is 11.3 Å². The second kappa shape index (κ2) is 8.37. The Balaban J connectivity index is 1.41. The van der Waals surface area contributed by atoms with Gasteiger partial charge in [0, 0.05) is 37.6 Å². The molecule has 0 unspecified atom stereocenters. The number of carbonyl (C=O) groups excluding carboxylic acids is 1. The fraction of sp³-hybridized carbons (Fsp3) is 0.444. The zero-order valence-corrected chi connectivity index (χ0v) is 14.6. The van der Waals surface area contributed by atoms with Gasteiger partial charge < -0.3 is 16.0 Å². The molecule has 1 aliphatic heterocycles. The van der Waals surface area contributed by atoms with Gasteiger partial charge in [0.2, 0.25) is 0 Å². The summed E-state index contributed by atoms with van der Waals surface area (Å²) in [7, 11) is 0. The molecule has 0 spiro atoms. The zero-order valence-electron chi connectivity index (χ0n) is 13.8. The van der Waals surface area contributed by atoms with Gasteiger partial charge in [0.15, 0.2) is 0 Å². The van der Waals surface area contributed by atoms with Gasteiger partial charge in [0.05, 0.1) is 0 Å². The summed E-state index contributed by atoms with van der Waals surface area (Å²) in [6.07, 6.45) is 3.07. The molecule has 1 aliphatic rings. The SMILES string of the molecule is NCc1nc(C(=O)NC2CCN(CCc3ccccc3)CC2)cs1. The van der Waals surface area contributed by atoms with Crippen molar-refractivity contribution in [3.05, 3.63) is 52.0 Å². The maximum atomic E-state index is 12.2. The van der Waals surface area contributed by atoms with Crippen LogP contribution in [0.1, 0.15) is 33.9 Å². The van der Waals surface area contributed by atoms with Crippen LogP contribution in [-0.2, 0) is 13.0 Å². The molecule has 1 amide bonds. The lowest BCUT2D eigenvalue weighted by Gasteiger charge is -2.32. The Bertz CT molecular complexity index is 650. The number of amides is 1. The quantitative estimate of drug-likeness (QED) is 0.841. The standard InChI is InChI=1S/C18H24N4OS/c19-12-17-21-16(13-24-17)18(23)20-15-7-10-22(11-8-15)9-6-14-4-2-1-3-5-14/h1-5,13,15H,6-12,19H2,(H,20,23). The highest BCUT2D eigenvalue weighted by molar-refractivity contribution is 7.09. The molecular weight excluding hydrogens is 320 g/mol. The summed E-state index contributed by atoms with van der Waals surface area (Å²) < 4.78 is 0. The molecule has 1 aromatic heterocycles. The Morgan fingerprint density at radius 1 is 1.29 bits per heavy atom. The number of rotatable bonds is 6. The molecule has 1 aromatic carbocycles. The lowest BCUT2D eigenvalue weighted by Crippen LogP contribution is -2.45. The monoisotopic (exact) mass is 344 g/mol. The van der Waals surface area contributed by atoms with E-state index in [1.807, 2.05) is 0 Å². The van der Waals surface area contributed by atoms with Crippen molar-refractivity contribution in [3.8, 4) is 0 Å². The van der Waals surface area contributed by atoms with Crippen molar-refractivity contribution in [2.45, 2.75) is 31.8 Å². The van der Waals surface area contributed by atoms with E-state index in [2.05, 4.69) is 45.5 Å². The molecular formula is C18H24N4OS. The smallest absolute Gasteiger partial charge is 0.270 e. The highest BCUT2D eigenvalue weighted by Crippen LogP contribution is 2.14. The van der Waals surface area contributed by atoms with E-state index in [0.717, 1.165) is 43.9 Å². The van der Waals surface area contributed by atoms with E-state index in [9.17, 15) is 4.79 Å². The molecule has 0 atom stereocenters. The van der Waals surface area contributed by atoms with Crippen molar-refractivity contribution in [2.75, 3.05) is 19.6 Å². The molecule has 24 heavy (non-hydrogen) atoms. The molecule has 0 saturated carbocycles. The number of piperidine rings is 1. The third-order valence-corrected chi connectivity index (χ3v) is 5.31. The second-order valence-corrected chi connectivity index (χ2v) is 7.10. The summed E-state index contributed by atoms with van der Waals surface area (Å²) in [6.45, 7) is 3.53. The lowest BCUT2D eigenvalue weighted by molar-refractivity contribution is 0.0907. The van der Waals surface area contributed by atoms with Crippen LogP contribution in [0.15, 0.2) is 35.7 Å². The summed E-state index contributed by atoms with van der Waals surface area (Å²) in [4.78, 5) is 18.9. The van der Waals surface area contributed by atoms with Crippen molar-refractivity contribution >= 4 is 17.2 Å². The summed E-state index contributed by atoms with van der Waals surface area (Å²) in [6, 6.07) is 10.8. The first-order valence-corrected chi connectivity index (χ1v) is 9.34. The number of aromatic nitrogens is 1. The summed E-state index contributed by atoms with van der Waals surface area (Å²) in [5.74, 6) is -0.0753. The Morgan fingerprint density at radius 2 is 2.04 bits per heavy atom. The molecule has 128 valence electrons. The molecule has 3 rings (SSSR count). The van der Waals surface area contributed by atoms with Crippen LogP contribution in [0.25, 0.3) is 0 Å². The molecule has 0 radical (unpaired) electrons. The van der Waals surface area contributed by atoms with Crippen molar-refractivity contribution in [3.63, 3.8) is 0 Å². The van der Waals surface area contributed by atoms with Crippen LogP contribution in [0.3, 0.4) is 0 Å². The van der Waals surface area contributed by atoms with Crippen LogP contribution >= 0.6 is 11.3 Å². The Morgan fingerprint density at radius 3 is 2.71 bits per heavy atom. The van der Waals surface area contributed by atoms with E-state index in [1.165, 1.54) is 16.9 Å². The largest absolute Gasteiger partial charge is 0.348 e. The van der Waals surface area contributed by atoms with Gasteiger partial charge >= 0.3 is 0 Å². The highest BCUT2D eigenvalue weighted by atomic mass is 32.1. The maximum absolute atomic E-state index is 12.2. The molecule has 1 fully saturated rings. The minimum Gasteiger partial charge on any atom is -0.348 e. The van der Waals surface area contributed by atoms with Crippen molar-refractivity contribution < 1.29 is 4.79 Å². The van der Waals surface area contributed by atoms with Crippen molar-refractivity contribution in [1.82, 2.24) is 15.2 Å². The first-order valence-electron chi connectivity index (χ1n) is 8.46. The molecule has 1 saturated heterocycles. The summed E-state index contributed by atoms with van der Waals surface area (Å²) in [5.41, 5.74) is 7.42.